The van der Waals surface area contributed by atoms with Crippen LogP contribution < -0.4 is 9.47 Å². The molecular weight excluding hydrogens is 844 g/mol. The topological polar surface area (TPSA) is 18.5 Å². The predicted octanol–water partition coefficient (Wildman–Crippen LogP) is 9.22. The van der Waals surface area contributed by atoms with Crippen molar-refractivity contribution in [2.75, 3.05) is 23.9 Å². The summed E-state index contributed by atoms with van der Waals surface area (Å²) in [5, 5.41) is 1.70. The first-order valence-corrected chi connectivity index (χ1v) is 15.7. The maximum atomic E-state index is 5.92. The molecule has 30 heavy (non-hydrogen) atoms. The molecule has 0 heterocycles. The predicted molar refractivity (Wildman–Crippen MR) is 152 cm³/mol. The van der Waals surface area contributed by atoms with E-state index >= 15 is 0 Å². The van der Waals surface area contributed by atoms with Gasteiger partial charge in [0.15, 0.2) is 0 Å². The van der Waals surface area contributed by atoms with Crippen molar-refractivity contribution in [1.82, 2.24) is 0 Å². The lowest BCUT2D eigenvalue weighted by molar-refractivity contribution is 0.321. The van der Waals surface area contributed by atoms with Crippen molar-refractivity contribution < 1.29 is 9.47 Å². The number of benzene rings is 2. The number of alkyl halides is 4. The maximum Gasteiger partial charge on any atom is 0.147 e. The number of ether oxygens (including phenoxy) is 2. The van der Waals surface area contributed by atoms with Gasteiger partial charge in [0, 0.05) is 10.7 Å². The fourth-order valence-electron chi connectivity index (χ4n) is 2.65. The minimum Gasteiger partial charge on any atom is -0.491 e. The van der Waals surface area contributed by atoms with Gasteiger partial charge in [0.1, 0.15) is 24.7 Å². The van der Waals surface area contributed by atoms with Crippen LogP contribution in [-0.4, -0.2) is 33.5 Å². The summed E-state index contributed by atoms with van der Waals surface area (Å²) in [6.45, 7) is 1.22. The molecular formula is C21H21Br7O2. The molecule has 2 atom stereocenters. The van der Waals surface area contributed by atoms with E-state index in [-0.39, 0.29) is 4.83 Å². The molecule has 0 aromatic heterocycles. The van der Waals surface area contributed by atoms with E-state index in [1.807, 2.05) is 6.07 Å². The van der Waals surface area contributed by atoms with Gasteiger partial charge >= 0.3 is 0 Å². The van der Waals surface area contributed by atoms with Crippen LogP contribution in [0.5, 0.6) is 11.5 Å². The van der Waals surface area contributed by atoms with E-state index in [1.165, 1.54) is 11.1 Å². The van der Waals surface area contributed by atoms with Gasteiger partial charge in [0.2, 0.25) is 0 Å². The van der Waals surface area contributed by atoms with Crippen LogP contribution in [0.2, 0.25) is 0 Å². The van der Waals surface area contributed by atoms with E-state index in [0.29, 0.717) is 18.0 Å². The first kappa shape index (κ1) is 27.6. The smallest absolute Gasteiger partial charge is 0.147 e. The third kappa shape index (κ3) is 9.34. The molecule has 2 aromatic rings. The zero-order valence-corrected chi connectivity index (χ0v) is 27.1. The molecule has 9 heteroatoms. The van der Waals surface area contributed by atoms with E-state index in [0.717, 1.165) is 54.8 Å². The highest BCUT2D eigenvalue weighted by molar-refractivity contribution is 9.12. The molecule has 166 valence electrons. The summed E-state index contributed by atoms with van der Waals surface area (Å²) in [4.78, 5) is 0.571. The second-order valence-corrected chi connectivity index (χ2v) is 13.1. The molecule has 0 radical (unpaired) electrons. The Kier molecular flexibility index (Phi) is 13.5. The summed E-state index contributed by atoms with van der Waals surface area (Å²) in [7, 11) is 0. The number of rotatable bonds is 12. The van der Waals surface area contributed by atoms with Crippen molar-refractivity contribution in [1.29, 1.82) is 0 Å². The lowest BCUT2D eigenvalue weighted by Crippen LogP contribution is -2.12. The van der Waals surface area contributed by atoms with Gasteiger partial charge in [-0.1, -0.05) is 69.8 Å². The van der Waals surface area contributed by atoms with Crippen LogP contribution in [-0.2, 0) is 12.8 Å². The lowest BCUT2D eigenvalue weighted by Gasteiger charge is -2.14. The Balaban J connectivity index is 1.89. The summed E-state index contributed by atoms with van der Waals surface area (Å²) in [5.41, 5.74) is 2.57. The second kappa shape index (κ2) is 14.6. The standard InChI is InChI=1S/C21H21Br7O2/c22-9-15(24)11-29-20-5-4-13(6-17(20)26)2-1-3-14-7-18(27)21(19(28)8-14)30-12-16(25)10-23/h4-8,15-16H,1-3,9-12H2. The van der Waals surface area contributed by atoms with Crippen LogP contribution in [0, 0.1) is 0 Å². The SMILES string of the molecule is BrCC(Br)COc1ccc(CCCc2cc(Br)c(OCC(Br)CBr)c(Br)c2)cc1Br. The summed E-state index contributed by atoms with van der Waals surface area (Å²) >= 11 is 24.9. The second-order valence-electron chi connectivity index (χ2n) is 6.63. The highest BCUT2D eigenvalue weighted by atomic mass is 79.9. The number of hydrogen-bond donors (Lipinski definition) is 0. The first-order valence-electron chi connectivity index (χ1n) is 9.26. The maximum absolute atomic E-state index is 5.92. The summed E-state index contributed by atoms with van der Waals surface area (Å²) in [6, 6.07) is 10.6. The van der Waals surface area contributed by atoms with Crippen LogP contribution in [0.4, 0.5) is 0 Å². The van der Waals surface area contributed by atoms with Gasteiger partial charge in [0.25, 0.3) is 0 Å². The van der Waals surface area contributed by atoms with Gasteiger partial charge in [-0.25, -0.2) is 0 Å². The molecule has 2 aromatic carbocycles. The van der Waals surface area contributed by atoms with E-state index < -0.39 is 0 Å². The Morgan fingerprint density at radius 2 is 1.23 bits per heavy atom. The molecule has 0 aliphatic heterocycles. The Morgan fingerprint density at radius 3 is 1.80 bits per heavy atom. The van der Waals surface area contributed by atoms with Crippen molar-refractivity contribution >= 4 is 112 Å². The Labute approximate surface area is 237 Å². The number of hydrogen-bond acceptors (Lipinski definition) is 2. The van der Waals surface area contributed by atoms with E-state index in [1.54, 1.807) is 0 Å². The van der Waals surface area contributed by atoms with Gasteiger partial charge < -0.3 is 9.47 Å². The quantitative estimate of drug-likeness (QED) is 0.198. The zero-order chi connectivity index (χ0) is 22.1. The van der Waals surface area contributed by atoms with Crippen LogP contribution in [0.3, 0.4) is 0 Å². The summed E-state index contributed by atoms with van der Waals surface area (Å²) < 4.78 is 14.7. The van der Waals surface area contributed by atoms with Crippen molar-refractivity contribution in [2.24, 2.45) is 0 Å². The highest BCUT2D eigenvalue weighted by Crippen LogP contribution is 2.35. The van der Waals surface area contributed by atoms with Gasteiger partial charge in [0.05, 0.1) is 23.1 Å². The normalized spacial score (nSPS) is 13.2. The van der Waals surface area contributed by atoms with Crippen molar-refractivity contribution in [3.8, 4) is 11.5 Å². The molecule has 0 fully saturated rings. The highest BCUT2D eigenvalue weighted by Gasteiger charge is 2.12. The third-order valence-corrected chi connectivity index (χ3v) is 10.4. The average molecular weight is 865 g/mol. The largest absolute Gasteiger partial charge is 0.491 e. The van der Waals surface area contributed by atoms with Crippen LogP contribution in [0.1, 0.15) is 17.5 Å². The molecule has 0 saturated heterocycles. The first-order chi connectivity index (χ1) is 14.3. The molecule has 0 saturated carbocycles. The summed E-state index contributed by atoms with van der Waals surface area (Å²) in [5.74, 6) is 1.72. The fraction of sp³-hybridized carbons (Fsp3) is 0.429. The molecule has 2 rings (SSSR count). The molecule has 2 unspecified atom stereocenters. The minimum atomic E-state index is 0.275. The van der Waals surface area contributed by atoms with Crippen molar-refractivity contribution in [2.45, 2.75) is 28.9 Å². The minimum absolute atomic E-state index is 0.275. The molecule has 0 aliphatic carbocycles. The van der Waals surface area contributed by atoms with Gasteiger partial charge in [-0.3, -0.25) is 0 Å². The molecule has 0 N–H and O–H groups in total. The fourth-order valence-corrected chi connectivity index (χ4v) is 5.34. The Bertz CT molecular complexity index is 793. The Hall–Kier alpha value is 1.40. The van der Waals surface area contributed by atoms with E-state index in [9.17, 15) is 0 Å². The van der Waals surface area contributed by atoms with Crippen LogP contribution >= 0.6 is 112 Å². The molecule has 0 aliphatic rings. The van der Waals surface area contributed by atoms with Crippen molar-refractivity contribution in [3.05, 3.63) is 54.9 Å². The van der Waals surface area contributed by atoms with Gasteiger partial charge in [-0.2, -0.15) is 0 Å². The third-order valence-electron chi connectivity index (χ3n) is 4.15. The lowest BCUT2D eigenvalue weighted by atomic mass is 10.0. The monoisotopic (exact) mass is 858 g/mol. The van der Waals surface area contributed by atoms with Gasteiger partial charge in [-0.05, 0) is 102 Å². The molecule has 2 nitrogen and oxygen atoms in total. The zero-order valence-electron chi connectivity index (χ0n) is 16.0. The number of aryl methyl sites for hydroxylation is 2. The van der Waals surface area contributed by atoms with Crippen LogP contribution in [0.15, 0.2) is 43.7 Å². The van der Waals surface area contributed by atoms with E-state index in [4.69, 9.17) is 9.47 Å². The summed E-state index contributed by atoms with van der Waals surface area (Å²) in [6.07, 6.45) is 3.06. The van der Waals surface area contributed by atoms with Gasteiger partial charge in [-0.15, -0.1) is 0 Å². The van der Waals surface area contributed by atoms with E-state index in [2.05, 4.69) is 136 Å². The Morgan fingerprint density at radius 1 is 0.700 bits per heavy atom. The average Bonchev–Trinajstić information content (AvgIpc) is 2.72. The molecule has 0 amide bonds. The molecule has 0 bridgehead atoms. The van der Waals surface area contributed by atoms with Crippen LogP contribution in [0.25, 0.3) is 0 Å². The molecule has 0 spiro atoms. The van der Waals surface area contributed by atoms with Crippen molar-refractivity contribution in [3.63, 3.8) is 0 Å². The number of halogens is 7.